The summed E-state index contributed by atoms with van der Waals surface area (Å²) in [6.45, 7) is -0.510. The highest BCUT2D eigenvalue weighted by Crippen LogP contribution is 2.18. The van der Waals surface area contributed by atoms with Gasteiger partial charge in [-0.3, -0.25) is 14.4 Å². The van der Waals surface area contributed by atoms with E-state index in [1.807, 2.05) is 0 Å². The van der Waals surface area contributed by atoms with Crippen LogP contribution in [0.15, 0.2) is 6.20 Å². The Labute approximate surface area is 108 Å². The van der Waals surface area contributed by atoms with Crippen LogP contribution in [0.5, 0.6) is 0 Å². The fourth-order valence-electron chi connectivity index (χ4n) is 1.38. The number of hydrogen-bond donors (Lipinski definition) is 3. The van der Waals surface area contributed by atoms with Crippen molar-refractivity contribution in [3.05, 3.63) is 11.9 Å². The molecule has 0 unspecified atom stereocenters. The number of amides is 2. The molecule has 1 saturated carbocycles. The van der Waals surface area contributed by atoms with Gasteiger partial charge < -0.3 is 15.7 Å². The molecule has 1 heterocycles. The lowest BCUT2D eigenvalue weighted by Crippen LogP contribution is -2.37. The molecule has 1 aliphatic rings. The first-order valence-corrected chi connectivity index (χ1v) is 5.74. The number of aliphatic carboxylic acids is 1. The third-order valence-corrected chi connectivity index (χ3v) is 2.42. The highest BCUT2D eigenvalue weighted by atomic mass is 16.4. The van der Waals surface area contributed by atoms with Gasteiger partial charge in [0.15, 0.2) is 5.69 Å². The highest BCUT2D eigenvalue weighted by Gasteiger charge is 2.23. The smallest absolute Gasteiger partial charge is 0.325 e. The molecule has 9 heteroatoms. The van der Waals surface area contributed by atoms with E-state index in [2.05, 4.69) is 20.9 Å². The van der Waals surface area contributed by atoms with Crippen LogP contribution in [0.1, 0.15) is 23.3 Å². The van der Waals surface area contributed by atoms with E-state index in [1.165, 1.54) is 6.20 Å². The van der Waals surface area contributed by atoms with Crippen LogP contribution in [0.25, 0.3) is 0 Å². The number of carboxylic acid groups (broad SMARTS) is 1. The first-order valence-electron chi connectivity index (χ1n) is 5.74. The average Bonchev–Trinajstić information content (AvgIpc) is 3.02. The minimum Gasteiger partial charge on any atom is -0.480 e. The van der Waals surface area contributed by atoms with Crippen LogP contribution in [0.4, 0.5) is 0 Å². The second-order valence-corrected chi connectivity index (χ2v) is 4.22. The van der Waals surface area contributed by atoms with Gasteiger partial charge in [-0.05, 0) is 12.8 Å². The molecule has 19 heavy (non-hydrogen) atoms. The summed E-state index contributed by atoms with van der Waals surface area (Å²) in [6.07, 6.45) is 3.16. The molecule has 9 nitrogen and oxygen atoms in total. The summed E-state index contributed by atoms with van der Waals surface area (Å²) in [6, 6.07) is 0.237. The van der Waals surface area contributed by atoms with Crippen molar-refractivity contribution in [2.45, 2.75) is 25.4 Å². The number of carboxylic acids is 1. The molecule has 0 aliphatic heterocycles. The van der Waals surface area contributed by atoms with Gasteiger partial charge >= 0.3 is 5.97 Å². The van der Waals surface area contributed by atoms with Gasteiger partial charge in [-0.2, -0.15) is 0 Å². The molecular formula is C10H13N5O4. The van der Waals surface area contributed by atoms with Crippen molar-refractivity contribution in [2.75, 3.05) is 6.54 Å². The van der Waals surface area contributed by atoms with Gasteiger partial charge in [0.05, 0.1) is 12.7 Å². The monoisotopic (exact) mass is 267 g/mol. The van der Waals surface area contributed by atoms with E-state index in [-0.39, 0.29) is 30.7 Å². The number of hydrogen-bond acceptors (Lipinski definition) is 5. The lowest BCUT2D eigenvalue weighted by Gasteiger charge is -2.03. The maximum atomic E-state index is 11.6. The van der Waals surface area contributed by atoms with Crippen molar-refractivity contribution in [1.29, 1.82) is 0 Å². The molecule has 102 valence electrons. The molecule has 1 aromatic rings. The van der Waals surface area contributed by atoms with Crippen LogP contribution >= 0.6 is 0 Å². The molecule has 1 fully saturated rings. The predicted molar refractivity (Wildman–Crippen MR) is 61.2 cm³/mol. The minimum atomic E-state index is -1.08. The first-order chi connectivity index (χ1) is 9.04. The van der Waals surface area contributed by atoms with Gasteiger partial charge in [0.1, 0.15) is 6.54 Å². The number of rotatable bonds is 6. The summed E-state index contributed by atoms with van der Waals surface area (Å²) < 4.78 is 1.03. The largest absolute Gasteiger partial charge is 0.480 e. The lowest BCUT2D eigenvalue weighted by molar-refractivity contribution is -0.137. The van der Waals surface area contributed by atoms with E-state index in [0.29, 0.717) is 0 Å². The first kappa shape index (κ1) is 13.0. The van der Waals surface area contributed by atoms with Crippen molar-refractivity contribution in [3.8, 4) is 0 Å². The molecule has 0 aromatic carbocycles. The normalized spacial score (nSPS) is 13.9. The molecule has 3 N–H and O–H groups in total. The fourth-order valence-corrected chi connectivity index (χ4v) is 1.38. The summed E-state index contributed by atoms with van der Waals surface area (Å²) in [4.78, 5) is 33.4. The van der Waals surface area contributed by atoms with Crippen LogP contribution in [-0.4, -0.2) is 50.5 Å². The highest BCUT2D eigenvalue weighted by molar-refractivity contribution is 5.94. The maximum Gasteiger partial charge on any atom is 0.325 e. The Morgan fingerprint density at radius 2 is 2.16 bits per heavy atom. The minimum absolute atomic E-state index is 0.0273. The van der Waals surface area contributed by atoms with Gasteiger partial charge in [0.25, 0.3) is 5.91 Å². The number of nitrogens with zero attached hydrogens (tertiary/aromatic N) is 3. The molecule has 0 bridgehead atoms. The summed E-state index contributed by atoms with van der Waals surface area (Å²) in [5.41, 5.74) is -0.0273. The Bertz CT molecular complexity index is 508. The molecule has 0 spiro atoms. The maximum absolute atomic E-state index is 11.6. The van der Waals surface area contributed by atoms with Crippen LogP contribution in [-0.2, 0) is 16.1 Å². The number of nitrogens with one attached hydrogen (secondary N) is 2. The standard InChI is InChI=1S/C10H13N5O4/c16-8(12-6-1-2-6)3-11-10(19)7-4-15(14-13-7)5-9(17)18/h4,6H,1-3,5H2,(H,11,19)(H,12,16)(H,17,18). The second kappa shape index (κ2) is 5.46. The van der Waals surface area contributed by atoms with Crippen molar-refractivity contribution in [2.24, 2.45) is 0 Å². The zero-order valence-corrected chi connectivity index (χ0v) is 10.00. The van der Waals surface area contributed by atoms with E-state index < -0.39 is 11.9 Å². The Balaban J connectivity index is 1.79. The second-order valence-electron chi connectivity index (χ2n) is 4.22. The quantitative estimate of drug-likeness (QED) is 0.568. The third kappa shape index (κ3) is 4.05. The fraction of sp³-hybridized carbons (Fsp3) is 0.500. The number of carbonyl (C=O) groups excluding carboxylic acids is 2. The van der Waals surface area contributed by atoms with Crippen molar-refractivity contribution >= 4 is 17.8 Å². The number of carbonyl (C=O) groups is 3. The van der Waals surface area contributed by atoms with E-state index >= 15 is 0 Å². The topological polar surface area (TPSA) is 126 Å². The zero-order chi connectivity index (χ0) is 13.8. The van der Waals surface area contributed by atoms with E-state index in [0.717, 1.165) is 17.5 Å². The van der Waals surface area contributed by atoms with Crippen LogP contribution in [0.3, 0.4) is 0 Å². The summed E-state index contributed by atoms with van der Waals surface area (Å²) >= 11 is 0. The molecule has 1 aliphatic carbocycles. The SMILES string of the molecule is O=C(O)Cn1cc(C(=O)NCC(=O)NC2CC2)nn1. The summed E-state index contributed by atoms with van der Waals surface area (Å²) in [7, 11) is 0. The van der Waals surface area contributed by atoms with Crippen molar-refractivity contribution in [1.82, 2.24) is 25.6 Å². The predicted octanol–water partition coefficient (Wildman–Crippen LogP) is -1.63. The van der Waals surface area contributed by atoms with Crippen molar-refractivity contribution < 1.29 is 19.5 Å². The molecular weight excluding hydrogens is 254 g/mol. The summed E-state index contributed by atoms with van der Waals surface area (Å²) in [5, 5.41) is 20.7. The summed E-state index contributed by atoms with van der Waals surface area (Å²) in [5.74, 6) is -1.91. The molecule has 0 radical (unpaired) electrons. The van der Waals surface area contributed by atoms with Crippen molar-refractivity contribution in [3.63, 3.8) is 0 Å². The van der Waals surface area contributed by atoms with Crippen LogP contribution in [0.2, 0.25) is 0 Å². The Kier molecular flexibility index (Phi) is 3.74. The van der Waals surface area contributed by atoms with Gasteiger partial charge in [-0.15, -0.1) is 5.10 Å². The zero-order valence-electron chi connectivity index (χ0n) is 10.00. The van der Waals surface area contributed by atoms with E-state index in [9.17, 15) is 14.4 Å². The third-order valence-electron chi connectivity index (χ3n) is 2.42. The molecule has 0 saturated heterocycles. The Morgan fingerprint density at radius 3 is 2.79 bits per heavy atom. The van der Waals surface area contributed by atoms with Gasteiger partial charge in [-0.25, -0.2) is 4.68 Å². The van der Waals surface area contributed by atoms with E-state index in [4.69, 9.17) is 5.11 Å². The average molecular weight is 267 g/mol. The molecule has 2 rings (SSSR count). The Morgan fingerprint density at radius 1 is 1.42 bits per heavy atom. The van der Waals surface area contributed by atoms with Gasteiger partial charge in [0.2, 0.25) is 5.91 Å². The molecule has 1 aromatic heterocycles. The Hall–Kier alpha value is -2.45. The molecule has 0 atom stereocenters. The number of aromatic nitrogens is 3. The van der Waals surface area contributed by atoms with Gasteiger partial charge in [-0.1, -0.05) is 5.21 Å². The van der Waals surface area contributed by atoms with E-state index in [1.54, 1.807) is 0 Å². The van der Waals surface area contributed by atoms with Crippen LogP contribution < -0.4 is 10.6 Å². The molecule has 2 amide bonds. The van der Waals surface area contributed by atoms with Crippen LogP contribution in [0, 0.1) is 0 Å². The lowest BCUT2D eigenvalue weighted by atomic mass is 10.4. The van der Waals surface area contributed by atoms with Gasteiger partial charge in [0, 0.05) is 6.04 Å².